The number of anilines is 1. The lowest BCUT2D eigenvalue weighted by Crippen LogP contribution is -2.15. The molecule has 114 valence electrons. The van der Waals surface area contributed by atoms with Gasteiger partial charge in [-0.1, -0.05) is 29.8 Å². The number of hydrogen-bond acceptors (Lipinski definition) is 3. The minimum absolute atomic E-state index is 0.112. The standard InChI is InChI=1S/C17H16ClNO3/c1-12(20)15-8-7-13(11-16(15)18)19-17(21)9-10-22-14-5-3-2-4-6-14/h2-8,11H,9-10H2,1H3,(H,19,21). The Hall–Kier alpha value is -2.33. The van der Waals surface area contributed by atoms with Crippen LogP contribution in [0.5, 0.6) is 5.75 Å². The van der Waals surface area contributed by atoms with Crippen LogP contribution >= 0.6 is 11.6 Å². The summed E-state index contributed by atoms with van der Waals surface area (Å²) in [6, 6.07) is 14.1. The van der Waals surface area contributed by atoms with Crippen LogP contribution in [0.15, 0.2) is 48.5 Å². The summed E-state index contributed by atoms with van der Waals surface area (Å²) >= 11 is 6.00. The molecule has 0 aliphatic rings. The van der Waals surface area contributed by atoms with Crippen LogP contribution in [0.4, 0.5) is 5.69 Å². The molecule has 4 nitrogen and oxygen atoms in total. The van der Waals surface area contributed by atoms with E-state index in [1.54, 1.807) is 18.2 Å². The van der Waals surface area contributed by atoms with Gasteiger partial charge in [-0.3, -0.25) is 9.59 Å². The molecule has 0 saturated heterocycles. The van der Waals surface area contributed by atoms with Crippen molar-refractivity contribution >= 4 is 29.0 Å². The van der Waals surface area contributed by atoms with Gasteiger partial charge >= 0.3 is 0 Å². The Morgan fingerprint density at radius 2 is 1.86 bits per heavy atom. The minimum atomic E-state index is -0.178. The van der Waals surface area contributed by atoms with E-state index in [0.717, 1.165) is 5.75 Å². The molecule has 2 aromatic carbocycles. The van der Waals surface area contributed by atoms with Gasteiger partial charge in [-0.15, -0.1) is 0 Å². The predicted molar refractivity (Wildman–Crippen MR) is 86.6 cm³/mol. The van der Waals surface area contributed by atoms with Gasteiger partial charge in [0, 0.05) is 11.3 Å². The fraction of sp³-hybridized carbons (Fsp3) is 0.176. The Balaban J connectivity index is 1.84. The average molecular weight is 318 g/mol. The van der Waals surface area contributed by atoms with Crippen molar-refractivity contribution in [3.63, 3.8) is 0 Å². The number of carbonyl (C=O) groups is 2. The number of Topliss-reactive ketones (excluding diaryl/α,β-unsaturated/α-hetero) is 1. The summed E-state index contributed by atoms with van der Waals surface area (Å²) in [5.74, 6) is 0.436. The molecule has 0 atom stereocenters. The van der Waals surface area contributed by atoms with E-state index >= 15 is 0 Å². The molecule has 22 heavy (non-hydrogen) atoms. The van der Waals surface area contributed by atoms with E-state index in [4.69, 9.17) is 16.3 Å². The van der Waals surface area contributed by atoms with E-state index in [0.29, 0.717) is 16.3 Å². The first-order valence-electron chi connectivity index (χ1n) is 6.84. The largest absolute Gasteiger partial charge is 0.493 e. The molecule has 0 bridgehead atoms. The Bertz CT molecular complexity index is 671. The number of ether oxygens (including phenoxy) is 1. The fourth-order valence-electron chi connectivity index (χ4n) is 1.88. The molecule has 2 rings (SSSR count). The monoisotopic (exact) mass is 317 g/mol. The number of hydrogen-bond donors (Lipinski definition) is 1. The molecular weight excluding hydrogens is 302 g/mol. The van der Waals surface area contributed by atoms with Crippen LogP contribution in [0.2, 0.25) is 5.02 Å². The zero-order valence-electron chi connectivity index (χ0n) is 12.1. The first kappa shape index (κ1) is 16.0. The normalized spacial score (nSPS) is 10.1. The number of ketones is 1. The van der Waals surface area contributed by atoms with Crippen molar-refractivity contribution in [2.24, 2.45) is 0 Å². The van der Waals surface area contributed by atoms with Crippen LogP contribution in [0, 0.1) is 0 Å². The number of amides is 1. The second-order valence-electron chi connectivity index (χ2n) is 4.71. The van der Waals surface area contributed by atoms with E-state index < -0.39 is 0 Å². The van der Waals surface area contributed by atoms with Crippen molar-refractivity contribution in [2.45, 2.75) is 13.3 Å². The number of halogens is 1. The highest BCUT2D eigenvalue weighted by Crippen LogP contribution is 2.21. The summed E-state index contributed by atoms with van der Waals surface area (Å²) in [4.78, 5) is 23.1. The number of carbonyl (C=O) groups excluding carboxylic acids is 2. The highest BCUT2D eigenvalue weighted by atomic mass is 35.5. The van der Waals surface area contributed by atoms with Gasteiger partial charge in [-0.2, -0.15) is 0 Å². The van der Waals surface area contributed by atoms with E-state index in [-0.39, 0.29) is 24.7 Å². The molecule has 0 heterocycles. The highest BCUT2D eigenvalue weighted by Gasteiger charge is 2.08. The molecule has 1 N–H and O–H groups in total. The maximum absolute atomic E-state index is 11.8. The summed E-state index contributed by atoms with van der Waals surface area (Å²) in [6.45, 7) is 1.73. The van der Waals surface area contributed by atoms with Crippen molar-refractivity contribution < 1.29 is 14.3 Å². The van der Waals surface area contributed by atoms with Crippen LogP contribution in [0.25, 0.3) is 0 Å². The minimum Gasteiger partial charge on any atom is -0.493 e. The van der Waals surface area contributed by atoms with Gasteiger partial charge in [0.05, 0.1) is 18.1 Å². The summed E-state index contributed by atoms with van der Waals surface area (Å²) in [6.07, 6.45) is 0.223. The zero-order valence-corrected chi connectivity index (χ0v) is 12.9. The molecular formula is C17H16ClNO3. The summed E-state index contributed by atoms with van der Waals surface area (Å²) < 4.78 is 5.46. The molecule has 0 aliphatic heterocycles. The van der Waals surface area contributed by atoms with E-state index in [2.05, 4.69) is 5.32 Å². The molecule has 0 saturated carbocycles. The first-order chi connectivity index (χ1) is 10.6. The van der Waals surface area contributed by atoms with Crippen LogP contribution < -0.4 is 10.1 Å². The maximum Gasteiger partial charge on any atom is 0.227 e. The van der Waals surface area contributed by atoms with Gasteiger partial charge in [0.2, 0.25) is 5.91 Å². The Morgan fingerprint density at radius 3 is 2.50 bits per heavy atom. The predicted octanol–water partition coefficient (Wildman–Crippen LogP) is 3.95. The Morgan fingerprint density at radius 1 is 1.14 bits per heavy atom. The second kappa shape index (κ2) is 7.61. The lowest BCUT2D eigenvalue weighted by atomic mass is 10.1. The lowest BCUT2D eigenvalue weighted by molar-refractivity contribution is -0.116. The molecule has 0 aliphatic carbocycles. The van der Waals surface area contributed by atoms with Gasteiger partial charge in [-0.25, -0.2) is 0 Å². The van der Waals surface area contributed by atoms with Crippen molar-refractivity contribution in [3.8, 4) is 5.75 Å². The van der Waals surface area contributed by atoms with E-state index in [9.17, 15) is 9.59 Å². The highest BCUT2D eigenvalue weighted by molar-refractivity contribution is 6.34. The van der Waals surface area contributed by atoms with Crippen LogP contribution in [-0.4, -0.2) is 18.3 Å². The first-order valence-corrected chi connectivity index (χ1v) is 7.22. The van der Waals surface area contributed by atoms with Gasteiger partial charge in [-0.05, 0) is 37.3 Å². The van der Waals surface area contributed by atoms with Crippen molar-refractivity contribution in [1.82, 2.24) is 0 Å². The molecule has 5 heteroatoms. The van der Waals surface area contributed by atoms with Crippen LogP contribution in [-0.2, 0) is 4.79 Å². The lowest BCUT2D eigenvalue weighted by Gasteiger charge is -2.08. The fourth-order valence-corrected chi connectivity index (χ4v) is 2.19. The second-order valence-corrected chi connectivity index (χ2v) is 5.12. The summed E-state index contributed by atoms with van der Waals surface area (Å²) in [5, 5.41) is 3.05. The third-order valence-corrected chi connectivity index (χ3v) is 3.29. The number of benzene rings is 2. The van der Waals surface area contributed by atoms with Gasteiger partial charge < -0.3 is 10.1 Å². The molecule has 0 fully saturated rings. The third kappa shape index (κ3) is 4.60. The van der Waals surface area contributed by atoms with E-state index in [1.807, 2.05) is 30.3 Å². The maximum atomic E-state index is 11.8. The third-order valence-electron chi connectivity index (χ3n) is 2.97. The van der Waals surface area contributed by atoms with Crippen LogP contribution in [0.3, 0.4) is 0 Å². The molecule has 0 unspecified atom stereocenters. The quantitative estimate of drug-likeness (QED) is 0.821. The summed E-state index contributed by atoms with van der Waals surface area (Å²) in [7, 11) is 0. The number of para-hydroxylation sites is 1. The van der Waals surface area contributed by atoms with Crippen molar-refractivity contribution in [3.05, 3.63) is 59.1 Å². The smallest absolute Gasteiger partial charge is 0.227 e. The van der Waals surface area contributed by atoms with Crippen molar-refractivity contribution in [1.29, 1.82) is 0 Å². The Labute approximate surface area is 134 Å². The van der Waals surface area contributed by atoms with Gasteiger partial charge in [0.25, 0.3) is 0 Å². The van der Waals surface area contributed by atoms with Gasteiger partial charge in [0.1, 0.15) is 5.75 Å². The molecule has 0 radical (unpaired) electrons. The molecule has 0 spiro atoms. The molecule has 2 aromatic rings. The average Bonchev–Trinajstić information content (AvgIpc) is 2.48. The van der Waals surface area contributed by atoms with Gasteiger partial charge in [0.15, 0.2) is 5.78 Å². The topological polar surface area (TPSA) is 55.4 Å². The van der Waals surface area contributed by atoms with Crippen molar-refractivity contribution in [2.75, 3.05) is 11.9 Å². The summed E-state index contributed by atoms with van der Waals surface area (Å²) in [5.41, 5.74) is 0.992. The Kier molecular flexibility index (Phi) is 5.55. The molecule has 1 amide bonds. The SMILES string of the molecule is CC(=O)c1ccc(NC(=O)CCOc2ccccc2)cc1Cl. The number of rotatable bonds is 6. The van der Waals surface area contributed by atoms with E-state index in [1.165, 1.54) is 6.92 Å². The van der Waals surface area contributed by atoms with Crippen LogP contribution in [0.1, 0.15) is 23.7 Å². The number of nitrogens with one attached hydrogen (secondary N) is 1. The zero-order chi connectivity index (χ0) is 15.9. The molecule has 0 aromatic heterocycles.